The maximum Gasteiger partial charge on any atom is 0.319 e. The van der Waals surface area contributed by atoms with Crippen molar-refractivity contribution >= 4 is 17.6 Å². The predicted molar refractivity (Wildman–Crippen MR) is 83.4 cm³/mol. The largest absolute Gasteiger partial charge is 0.355 e. The van der Waals surface area contributed by atoms with Gasteiger partial charge < -0.3 is 16.0 Å². The van der Waals surface area contributed by atoms with Crippen LogP contribution < -0.4 is 16.0 Å². The van der Waals surface area contributed by atoms with E-state index in [4.69, 9.17) is 0 Å². The Morgan fingerprint density at radius 2 is 1.76 bits per heavy atom. The number of carbonyl (C=O) groups is 2. The van der Waals surface area contributed by atoms with E-state index < -0.39 is 0 Å². The Morgan fingerprint density at radius 1 is 1.10 bits per heavy atom. The van der Waals surface area contributed by atoms with Crippen LogP contribution in [-0.2, 0) is 0 Å². The number of hydrogen-bond donors (Lipinski definition) is 3. The molecule has 0 saturated heterocycles. The molecule has 3 amide bonds. The average molecular weight is 289 g/mol. The van der Waals surface area contributed by atoms with Gasteiger partial charge in [-0.25, -0.2) is 4.79 Å². The number of anilines is 1. The topological polar surface area (TPSA) is 70.2 Å². The van der Waals surface area contributed by atoms with Crippen LogP contribution in [0.3, 0.4) is 0 Å². The summed E-state index contributed by atoms with van der Waals surface area (Å²) in [5.74, 6) is 0.391. The number of amides is 3. The Labute approximate surface area is 125 Å². The van der Waals surface area contributed by atoms with Crippen molar-refractivity contribution in [2.24, 2.45) is 5.92 Å². The Kier molecular flexibility index (Phi) is 5.20. The van der Waals surface area contributed by atoms with Crippen LogP contribution in [0.2, 0.25) is 0 Å². The smallest absolute Gasteiger partial charge is 0.319 e. The minimum absolute atomic E-state index is 0.137. The monoisotopic (exact) mass is 289 g/mol. The van der Waals surface area contributed by atoms with Gasteiger partial charge in [-0.3, -0.25) is 4.79 Å². The maximum absolute atomic E-state index is 12.0. The molecule has 3 N–H and O–H groups in total. The molecular formula is C16H23N3O2. The lowest BCUT2D eigenvalue weighted by molar-refractivity contribution is 0.0963. The van der Waals surface area contributed by atoms with Gasteiger partial charge in [0.15, 0.2) is 0 Å². The zero-order valence-corrected chi connectivity index (χ0v) is 12.6. The normalized spacial score (nSPS) is 21.4. The van der Waals surface area contributed by atoms with Crippen LogP contribution in [0, 0.1) is 5.92 Å². The second-order valence-electron chi connectivity index (χ2n) is 5.62. The van der Waals surface area contributed by atoms with Gasteiger partial charge in [-0.15, -0.1) is 0 Å². The molecule has 1 aliphatic carbocycles. The van der Waals surface area contributed by atoms with Crippen LogP contribution >= 0.6 is 0 Å². The van der Waals surface area contributed by atoms with Crippen LogP contribution in [-0.4, -0.2) is 25.0 Å². The van der Waals surface area contributed by atoms with E-state index >= 15 is 0 Å². The van der Waals surface area contributed by atoms with E-state index in [1.165, 1.54) is 19.3 Å². The third-order valence-electron chi connectivity index (χ3n) is 4.06. The van der Waals surface area contributed by atoms with Crippen LogP contribution in [0.1, 0.15) is 43.0 Å². The first kappa shape index (κ1) is 15.4. The summed E-state index contributed by atoms with van der Waals surface area (Å²) in [6.07, 6.45) is 4.65. The van der Waals surface area contributed by atoms with Gasteiger partial charge in [0.25, 0.3) is 5.91 Å². The van der Waals surface area contributed by atoms with Crippen molar-refractivity contribution in [2.45, 2.75) is 38.6 Å². The summed E-state index contributed by atoms with van der Waals surface area (Å²) in [7, 11) is 1.59. The predicted octanol–water partition coefficient (Wildman–Crippen LogP) is 2.75. The van der Waals surface area contributed by atoms with E-state index in [1.807, 2.05) is 0 Å². The summed E-state index contributed by atoms with van der Waals surface area (Å²) in [6, 6.07) is 6.92. The lowest BCUT2D eigenvalue weighted by atomic mass is 9.86. The van der Waals surface area contributed by atoms with Gasteiger partial charge >= 0.3 is 6.03 Å². The highest BCUT2D eigenvalue weighted by Gasteiger charge is 2.22. The van der Waals surface area contributed by atoms with E-state index in [0.717, 1.165) is 6.42 Å². The quantitative estimate of drug-likeness (QED) is 0.800. The zero-order valence-electron chi connectivity index (χ0n) is 12.6. The Balaban J connectivity index is 1.88. The third kappa shape index (κ3) is 4.21. The number of benzene rings is 1. The summed E-state index contributed by atoms with van der Waals surface area (Å²) in [4.78, 5) is 23.4. The molecule has 0 heterocycles. The first-order chi connectivity index (χ1) is 10.1. The van der Waals surface area contributed by atoms with Gasteiger partial charge in [-0.05, 0) is 43.0 Å². The molecule has 1 fully saturated rings. The van der Waals surface area contributed by atoms with Crippen LogP contribution in [0.4, 0.5) is 10.5 Å². The van der Waals surface area contributed by atoms with Gasteiger partial charge in [0, 0.05) is 24.3 Å². The Bertz CT molecular complexity index is 499. The molecule has 5 heteroatoms. The van der Waals surface area contributed by atoms with Crippen LogP contribution in [0.15, 0.2) is 24.3 Å². The molecule has 1 aromatic rings. The summed E-state index contributed by atoms with van der Waals surface area (Å²) in [5.41, 5.74) is 1.26. The fraction of sp³-hybridized carbons (Fsp3) is 0.500. The number of urea groups is 1. The third-order valence-corrected chi connectivity index (χ3v) is 4.06. The maximum atomic E-state index is 12.0. The fourth-order valence-corrected chi connectivity index (χ4v) is 2.72. The summed E-state index contributed by atoms with van der Waals surface area (Å²) >= 11 is 0. The van der Waals surface area contributed by atoms with Gasteiger partial charge in [0.2, 0.25) is 0 Å². The second kappa shape index (κ2) is 7.11. The minimum Gasteiger partial charge on any atom is -0.355 e. The van der Waals surface area contributed by atoms with E-state index in [9.17, 15) is 9.59 Å². The van der Waals surface area contributed by atoms with Crippen molar-refractivity contribution in [1.82, 2.24) is 10.6 Å². The van der Waals surface area contributed by atoms with Crippen molar-refractivity contribution in [2.75, 3.05) is 12.4 Å². The summed E-state index contributed by atoms with van der Waals surface area (Å²) in [5, 5.41) is 8.41. The van der Waals surface area contributed by atoms with Crippen molar-refractivity contribution < 1.29 is 9.59 Å². The highest BCUT2D eigenvalue weighted by Crippen LogP contribution is 2.23. The molecule has 0 radical (unpaired) electrons. The number of carbonyl (C=O) groups excluding carboxylic acids is 2. The second-order valence-corrected chi connectivity index (χ2v) is 5.62. The molecular weight excluding hydrogens is 266 g/mol. The summed E-state index contributed by atoms with van der Waals surface area (Å²) < 4.78 is 0. The summed E-state index contributed by atoms with van der Waals surface area (Å²) in [6.45, 7) is 2.18. The first-order valence-corrected chi connectivity index (χ1v) is 7.50. The van der Waals surface area contributed by atoms with Gasteiger partial charge in [-0.2, -0.15) is 0 Å². The van der Waals surface area contributed by atoms with Gasteiger partial charge in [0.1, 0.15) is 0 Å². The molecule has 1 aromatic carbocycles. The molecule has 1 aliphatic rings. The fourth-order valence-electron chi connectivity index (χ4n) is 2.72. The lowest BCUT2D eigenvalue weighted by Crippen LogP contribution is -2.43. The van der Waals surface area contributed by atoms with Crippen LogP contribution in [0.5, 0.6) is 0 Å². The molecule has 2 atom stereocenters. The van der Waals surface area contributed by atoms with Crippen molar-refractivity contribution in [3.8, 4) is 0 Å². The molecule has 5 nitrogen and oxygen atoms in total. The molecule has 0 aliphatic heterocycles. The lowest BCUT2D eigenvalue weighted by Gasteiger charge is -2.29. The van der Waals surface area contributed by atoms with E-state index in [2.05, 4.69) is 22.9 Å². The SMILES string of the molecule is CNC(=O)c1ccc(NC(=O)N[C@H]2CCCC[C@H]2C)cc1. The first-order valence-electron chi connectivity index (χ1n) is 7.50. The number of nitrogens with one attached hydrogen (secondary N) is 3. The number of rotatable bonds is 3. The molecule has 1 saturated carbocycles. The molecule has 0 aromatic heterocycles. The van der Waals surface area contributed by atoms with E-state index in [1.54, 1.807) is 31.3 Å². The highest BCUT2D eigenvalue weighted by atomic mass is 16.2. The molecule has 0 unspecified atom stereocenters. The van der Waals surface area contributed by atoms with Gasteiger partial charge in [-0.1, -0.05) is 19.8 Å². The van der Waals surface area contributed by atoms with Crippen molar-refractivity contribution in [1.29, 1.82) is 0 Å². The van der Waals surface area contributed by atoms with Crippen molar-refractivity contribution in [3.63, 3.8) is 0 Å². The molecule has 114 valence electrons. The average Bonchev–Trinajstić information content (AvgIpc) is 2.49. The van der Waals surface area contributed by atoms with Gasteiger partial charge in [0.05, 0.1) is 0 Å². The molecule has 0 bridgehead atoms. The van der Waals surface area contributed by atoms with Crippen molar-refractivity contribution in [3.05, 3.63) is 29.8 Å². The zero-order chi connectivity index (χ0) is 15.2. The molecule has 0 spiro atoms. The molecule has 2 rings (SSSR count). The Hall–Kier alpha value is -2.04. The molecule has 21 heavy (non-hydrogen) atoms. The van der Waals surface area contributed by atoms with Crippen LogP contribution in [0.25, 0.3) is 0 Å². The standard InChI is InChI=1S/C16H23N3O2/c1-11-5-3-4-6-14(11)19-16(21)18-13-9-7-12(8-10-13)15(20)17-2/h7-11,14H,3-6H2,1-2H3,(H,17,20)(H2,18,19,21)/t11-,14+/m1/s1. The Morgan fingerprint density at radius 3 is 2.38 bits per heavy atom. The minimum atomic E-state index is -0.179. The number of hydrogen-bond acceptors (Lipinski definition) is 2. The highest BCUT2D eigenvalue weighted by molar-refractivity contribution is 5.95. The van der Waals surface area contributed by atoms with E-state index in [-0.39, 0.29) is 18.0 Å². The van der Waals surface area contributed by atoms with E-state index in [0.29, 0.717) is 17.2 Å².